The molecule has 25 heavy (non-hydrogen) atoms. The van der Waals surface area contributed by atoms with Gasteiger partial charge in [-0.05, 0) is 37.3 Å². The Labute approximate surface area is 148 Å². The molecule has 0 aliphatic rings. The first-order valence-electron chi connectivity index (χ1n) is 7.61. The highest BCUT2D eigenvalue weighted by molar-refractivity contribution is 7.98. The molecular formula is C17H17N5O2S. The molecule has 1 amide bonds. The van der Waals surface area contributed by atoms with E-state index in [1.54, 1.807) is 0 Å². The van der Waals surface area contributed by atoms with Crippen molar-refractivity contribution in [2.45, 2.75) is 25.5 Å². The molecular weight excluding hydrogens is 338 g/mol. The number of thioether (sulfide) groups is 1. The van der Waals surface area contributed by atoms with Gasteiger partial charge in [0.15, 0.2) is 10.8 Å². The first-order valence-corrected chi connectivity index (χ1v) is 8.83. The van der Waals surface area contributed by atoms with Crippen LogP contribution in [0.1, 0.15) is 11.1 Å². The summed E-state index contributed by atoms with van der Waals surface area (Å²) in [7, 11) is 0. The van der Waals surface area contributed by atoms with Gasteiger partial charge in [-0.1, -0.05) is 23.9 Å². The van der Waals surface area contributed by atoms with E-state index in [1.165, 1.54) is 28.9 Å². The molecule has 3 aromatic rings. The van der Waals surface area contributed by atoms with Crippen molar-refractivity contribution < 1.29 is 4.79 Å². The van der Waals surface area contributed by atoms with Crippen LogP contribution in [-0.4, -0.2) is 31.7 Å². The number of hydrogen-bond donors (Lipinski definition) is 1. The fourth-order valence-corrected chi connectivity index (χ4v) is 2.70. The minimum absolute atomic E-state index is 0.126. The minimum atomic E-state index is -0.339. The van der Waals surface area contributed by atoms with Gasteiger partial charge in [-0.15, -0.1) is 0 Å². The molecule has 0 bridgehead atoms. The maximum atomic E-state index is 12.5. The molecule has 0 aliphatic carbocycles. The van der Waals surface area contributed by atoms with Crippen LogP contribution in [0.15, 0.2) is 40.7 Å². The van der Waals surface area contributed by atoms with Crippen molar-refractivity contribution in [1.29, 1.82) is 0 Å². The molecule has 7 nitrogen and oxygen atoms in total. The molecule has 8 heteroatoms. The molecule has 2 heterocycles. The smallest absolute Gasteiger partial charge is 0.264 e. The highest BCUT2D eigenvalue weighted by atomic mass is 32.2. The van der Waals surface area contributed by atoms with Gasteiger partial charge in [-0.25, -0.2) is 15.0 Å². The zero-order valence-corrected chi connectivity index (χ0v) is 14.9. The Hall–Kier alpha value is -2.74. The third kappa shape index (κ3) is 3.69. The summed E-state index contributed by atoms with van der Waals surface area (Å²) < 4.78 is 1.25. The number of nitrogens with zero attached hydrogens (tertiary/aromatic N) is 4. The van der Waals surface area contributed by atoms with Crippen molar-refractivity contribution >= 4 is 34.4 Å². The fraction of sp³-hybridized carbons (Fsp3) is 0.235. The number of fused-ring (bicyclic) bond motifs is 1. The van der Waals surface area contributed by atoms with Crippen LogP contribution in [0.5, 0.6) is 0 Å². The van der Waals surface area contributed by atoms with Crippen molar-refractivity contribution in [2.24, 2.45) is 0 Å². The van der Waals surface area contributed by atoms with E-state index in [4.69, 9.17) is 0 Å². The van der Waals surface area contributed by atoms with Gasteiger partial charge in [0.1, 0.15) is 18.3 Å². The third-order valence-electron chi connectivity index (χ3n) is 3.72. The van der Waals surface area contributed by atoms with Crippen molar-refractivity contribution in [3.63, 3.8) is 0 Å². The molecule has 3 rings (SSSR count). The van der Waals surface area contributed by atoms with Crippen LogP contribution in [0.25, 0.3) is 11.0 Å². The lowest BCUT2D eigenvalue weighted by Gasteiger charge is -2.10. The Bertz CT molecular complexity index is 1020. The Morgan fingerprint density at radius 3 is 2.84 bits per heavy atom. The standard InChI is InChI=1S/C17H17N5O2S/c1-10-4-5-11(2)13(6-10)20-14(23)8-22-9-19-15-12(16(22)24)7-18-17(21-15)25-3/h4-7,9H,8H2,1-3H3,(H,20,23). The van der Waals surface area contributed by atoms with Gasteiger partial charge in [-0.2, -0.15) is 0 Å². The zero-order valence-electron chi connectivity index (χ0n) is 14.1. The van der Waals surface area contributed by atoms with E-state index in [0.717, 1.165) is 16.8 Å². The van der Waals surface area contributed by atoms with E-state index in [9.17, 15) is 9.59 Å². The van der Waals surface area contributed by atoms with Crippen LogP contribution < -0.4 is 10.9 Å². The predicted molar refractivity (Wildman–Crippen MR) is 97.9 cm³/mol. The summed E-state index contributed by atoms with van der Waals surface area (Å²) in [5, 5.41) is 3.67. The van der Waals surface area contributed by atoms with Crippen LogP contribution >= 0.6 is 11.8 Å². The van der Waals surface area contributed by atoms with Gasteiger partial charge >= 0.3 is 0 Å². The van der Waals surface area contributed by atoms with Crippen LogP contribution in [-0.2, 0) is 11.3 Å². The number of nitrogens with one attached hydrogen (secondary N) is 1. The van der Waals surface area contributed by atoms with Crippen molar-refractivity contribution in [3.8, 4) is 0 Å². The molecule has 128 valence electrons. The number of amides is 1. The van der Waals surface area contributed by atoms with Crippen molar-refractivity contribution in [3.05, 3.63) is 52.2 Å². The minimum Gasteiger partial charge on any atom is -0.324 e. The number of rotatable bonds is 4. The SMILES string of the molecule is CSc1ncc2c(=O)n(CC(=O)Nc3cc(C)ccc3C)cnc2n1. The monoisotopic (exact) mass is 355 g/mol. The lowest BCUT2D eigenvalue weighted by atomic mass is 10.1. The largest absolute Gasteiger partial charge is 0.324 e. The lowest BCUT2D eigenvalue weighted by molar-refractivity contribution is -0.116. The van der Waals surface area contributed by atoms with Gasteiger partial charge < -0.3 is 5.32 Å². The predicted octanol–water partition coefficient (Wildman–Crippen LogP) is 2.16. The Morgan fingerprint density at radius 2 is 2.08 bits per heavy atom. The molecule has 2 aromatic heterocycles. The molecule has 0 unspecified atom stereocenters. The summed E-state index contributed by atoms with van der Waals surface area (Å²) in [5.41, 5.74) is 2.73. The summed E-state index contributed by atoms with van der Waals surface area (Å²) in [6, 6.07) is 5.81. The lowest BCUT2D eigenvalue weighted by Crippen LogP contribution is -2.28. The van der Waals surface area contributed by atoms with Gasteiger partial charge in [0.25, 0.3) is 5.56 Å². The van der Waals surface area contributed by atoms with Gasteiger partial charge in [0.05, 0.1) is 0 Å². The average molecular weight is 355 g/mol. The molecule has 1 aromatic carbocycles. The van der Waals surface area contributed by atoms with E-state index in [1.807, 2.05) is 38.3 Å². The van der Waals surface area contributed by atoms with E-state index in [2.05, 4.69) is 20.3 Å². The van der Waals surface area contributed by atoms with E-state index < -0.39 is 0 Å². The molecule has 0 saturated carbocycles. The number of carbonyl (C=O) groups excluding carboxylic acids is 1. The van der Waals surface area contributed by atoms with Crippen LogP contribution in [0.2, 0.25) is 0 Å². The molecule has 0 aliphatic heterocycles. The third-order valence-corrected chi connectivity index (χ3v) is 4.28. The summed E-state index contributed by atoms with van der Waals surface area (Å²) >= 11 is 1.37. The van der Waals surface area contributed by atoms with Gasteiger partial charge in [-0.3, -0.25) is 14.2 Å². The quantitative estimate of drug-likeness (QED) is 0.570. The van der Waals surface area contributed by atoms with Gasteiger partial charge in [0, 0.05) is 11.9 Å². The van der Waals surface area contributed by atoms with E-state index in [0.29, 0.717) is 16.2 Å². The number of benzene rings is 1. The average Bonchev–Trinajstić information content (AvgIpc) is 2.60. The first kappa shape index (κ1) is 17.1. The highest BCUT2D eigenvalue weighted by Crippen LogP contribution is 2.16. The summed E-state index contributed by atoms with van der Waals surface area (Å²) in [4.78, 5) is 37.2. The Kier molecular flexibility index (Phi) is 4.80. The number of aryl methyl sites for hydroxylation is 2. The van der Waals surface area contributed by atoms with Gasteiger partial charge in [0.2, 0.25) is 5.91 Å². The van der Waals surface area contributed by atoms with Crippen LogP contribution in [0.4, 0.5) is 5.69 Å². The molecule has 0 radical (unpaired) electrons. The Balaban J connectivity index is 1.85. The molecule has 0 fully saturated rings. The molecule has 1 N–H and O–H groups in total. The Morgan fingerprint density at radius 1 is 1.28 bits per heavy atom. The second-order valence-electron chi connectivity index (χ2n) is 5.64. The van der Waals surface area contributed by atoms with E-state index >= 15 is 0 Å². The van der Waals surface area contributed by atoms with Crippen LogP contribution in [0.3, 0.4) is 0 Å². The van der Waals surface area contributed by atoms with E-state index in [-0.39, 0.29) is 18.0 Å². The topological polar surface area (TPSA) is 89.8 Å². The summed E-state index contributed by atoms with van der Waals surface area (Å²) in [5.74, 6) is -0.293. The van der Waals surface area contributed by atoms with Crippen molar-refractivity contribution in [2.75, 3.05) is 11.6 Å². The molecule has 0 atom stereocenters. The second kappa shape index (κ2) is 7.02. The maximum absolute atomic E-state index is 12.5. The number of aromatic nitrogens is 4. The normalized spacial score (nSPS) is 10.8. The second-order valence-corrected chi connectivity index (χ2v) is 6.41. The maximum Gasteiger partial charge on any atom is 0.264 e. The number of hydrogen-bond acceptors (Lipinski definition) is 6. The zero-order chi connectivity index (χ0) is 18.0. The number of anilines is 1. The molecule has 0 spiro atoms. The van der Waals surface area contributed by atoms with Crippen molar-refractivity contribution in [1.82, 2.24) is 19.5 Å². The summed E-state index contributed by atoms with van der Waals surface area (Å²) in [6.45, 7) is 3.74. The summed E-state index contributed by atoms with van der Waals surface area (Å²) in [6.07, 6.45) is 4.63. The highest BCUT2D eigenvalue weighted by Gasteiger charge is 2.11. The van der Waals surface area contributed by atoms with Crippen LogP contribution in [0, 0.1) is 13.8 Å². The number of carbonyl (C=O) groups is 1. The molecule has 0 saturated heterocycles. The first-order chi connectivity index (χ1) is 12.0. The fourth-order valence-electron chi connectivity index (χ4n) is 2.36.